The molecule has 0 fully saturated rings. The van der Waals surface area contributed by atoms with Crippen molar-refractivity contribution in [3.8, 4) is 11.3 Å². The van der Waals surface area contributed by atoms with E-state index in [1.807, 2.05) is 30.3 Å². The standard InChI is InChI=1S/C17H12O4/c18-13-10-15(11-5-2-1-3-6-11)21-14-8-4-7-12(17(13)14)9-16(19)20/h1-8,10H,9H2,(H,19,20). The lowest BCUT2D eigenvalue weighted by atomic mass is 10.0. The van der Waals surface area contributed by atoms with Crippen LogP contribution < -0.4 is 5.43 Å². The molecule has 0 amide bonds. The Labute approximate surface area is 120 Å². The molecule has 0 spiro atoms. The molecule has 0 bridgehead atoms. The van der Waals surface area contributed by atoms with Crippen molar-refractivity contribution in [2.45, 2.75) is 6.42 Å². The molecule has 4 nitrogen and oxygen atoms in total. The predicted molar refractivity (Wildman–Crippen MR) is 79.3 cm³/mol. The number of carbonyl (C=O) groups is 1. The van der Waals surface area contributed by atoms with Crippen LogP contribution in [-0.2, 0) is 11.2 Å². The van der Waals surface area contributed by atoms with E-state index >= 15 is 0 Å². The molecule has 4 heteroatoms. The van der Waals surface area contributed by atoms with Gasteiger partial charge in [0.05, 0.1) is 11.8 Å². The van der Waals surface area contributed by atoms with Gasteiger partial charge in [0.2, 0.25) is 0 Å². The summed E-state index contributed by atoms with van der Waals surface area (Å²) in [5.41, 5.74) is 1.44. The van der Waals surface area contributed by atoms with Crippen molar-refractivity contribution >= 4 is 16.9 Å². The average molecular weight is 280 g/mol. The Morgan fingerprint density at radius 1 is 1.05 bits per heavy atom. The van der Waals surface area contributed by atoms with Crippen molar-refractivity contribution < 1.29 is 14.3 Å². The van der Waals surface area contributed by atoms with E-state index in [4.69, 9.17) is 9.52 Å². The molecule has 21 heavy (non-hydrogen) atoms. The lowest BCUT2D eigenvalue weighted by Crippen LogP contribution is -2.07. The summed E-state index contributed by atoms with van der Waals surface area (Å²) >= 11 is 0. The smallest absolute Gasteiger partial charge is 0.307 e. The van der Waals surface area contributed by atoms with Crippen LogP contribution in [0.1, 0.15) is 5.56 Å². The molecule has 0 saturated carbocycles. The summed E-state index contributed by atoms with van der Waals surface area (Å²) in [5.74, 6) is -0.505. The maximum Gasteiger partial charge on any atom is 0.307 e. The molecule has 0 aliphatic rings. The first kappa shape index (κ1) is 13.1. The van der Waals surface area contributed by atoms with Crippen LogP contribution in [0.25, 0.3) is 22.3 Å². The highest BCUT2D eigenvalue weighted by Crippen LogP contribution is 2.23. The van der Waals surface area contributed by atoms with Crippen molar-refractivity contribution in [2.24, 2.45) is 0 Å². The van der Waals surface area contributed by atoms with Gasteiger partial charge in [0.25, 0.3) is 0 Å². The number of benzene rings is 2. The number of hydrogen-bond donors (Lipinski definition) is 1. The predicted octanol–water partition coefficient (Wildman–Crippen LogP) is 3.09. The molecule has 2 aromatic carbocycles. The molecule has 3 aromatic rings. The molecular weight excluding hydrogens is 268 g/mol. The van der Waals surface area contributed by atoms with E-state index in [0.29, 0.717) is 22.3 Å². The zero-order valence-electron chi connectivity index (χ0n) is 11.1. The number of carboxylic acids is 1. The van der Waals surface area contributed by atoms with Gasteiger partial charge in [0.15, 0.2) is 5.43 Å². The van der Waals surface area contributed by atoms with Crippen molar-refractivity contribution in [2.75, 3.05) is 0 Å². The minimum atomic E-state index is -0.978. The van der Waals surface area contributed by atoms with Crippen LogP contribution in [0.4, 0.5) is 0 Å². The molecule has 0 aliphatic heterocycles. The van der Waals surface area contributed by atoms with Gasteiger partial charge < -0.3 is 9.52 Å². The fourth-order valence-electron chi connectivity index (χ4n) is 2.34. The minimum Gasteiger partial charge on any atom is -0.481 e. The van der Waals surface area contributed by atoms with Crippen LogP contribution >= 0.6 is 0 Å². The highest BCUT2D eigenvalue weighted by atomic mass is 16.4. The van der Waals surface area contributed by atoms with Crippen LogP contribution in [-0.4, -0.2) is 11.1 Å². The first-order valence-corrected chi connectivity index (χ1v) is 6.48. The molecule has 1 heterocycles. The zero-order valence-corrected chi connectivity index (χ0v) is 11.1. The summed E-state index contributed by atoms with van der Waals surface area (Å²) in [5, 5.41) is 9.25. The van der Waals surface area contributed by atoms with Crippen LogP contribution in [0, 0.1) is 0 Å². The van der Waals surface area contributed by atoms with Gasteiger partial charge in [0, 0.05) is 11.6 Å². The minimum absolute atomic E-state index is 0.202. The summed E-state index contributed by atoms with van der Waals surface area (Å²) in [6, 6.07) is 15.7. The van der Waals surface area contributed by atoms with Crippen molar-refractivity contribution in [1.29, 1.82) is 0 Å². The second-order valence-electron chi connectivity index (χ2n) is 4.70. The largest absolute Gasteiger partial charge is 0.481 e. The van der Waals surface area contributed by atoms with Gasteiger partial charge in [0.1, 0.15) is 11.3 Å². The topological polar surface area (TPSA) is 67.5 Å². The van der Waals surface area contributed by atoms with E-state index < -0.39 is 5.97 Å². The van der Waals surface area contributed by atoms with Crippen molar-refractivity contribution in [1.82, 2.24) is 0 Å². The number of fused-ring (bicyclic) bond motifs is 1. The number of carboxylic acid groups (broad SMARTS) is 1. The van der Waals surface area contributed by atoms with Gasteiger partial charge in [-0.3, -0.25) is 9.59 Å². The fourth-order valence-corrected chi connectivity index (χ4v) is 2.34. The van der Waals surface area contributed by atoms with Gasteiger partial charge in [-0.2, -0.15) is 0 Å². The van der Waals surface area contributed by atoms with Gasteiger partial charge in [-0.05, 0) is 11.6 Å². The van der Waals surface area contributed by atoms with Gasteiger partial charge in [-0.1, -0.05) is 42.5 Å². The second-order valence-corrected chi connectivity index (χ2v) is 4.70. The quantitative estimate of drug-likeness (QED) is 0.800. The molecule has 0 aliphatic carbocycles. The zero-order chi connectivity index (χ0) is 14.8. The molecule has 1 N–H and O–H groups in total. The summed E-state index contributed by atoms with van der Waals surface area (Å²) in [6.07, 6.45) is -0.202. The molecule has 0 atom stereocenters. The maximum absolute atomic E-state index is 12.3. The Balaban J connectivity index is 2.23. The summed E-state index contributed by atoms with van der Waals surface area (Å²) in [7, 11) is 0. The number of rotatable bonds is 3. The Morgan fingerprint density at radius 3 is 2.52 bits per heavy atom. The Bertz CT molecular complexity index is 863. The molecule has 0 radical (unpaired) electrons. The van der Waals surface area contributed by atoms with Gasteiger partial charge in [-0.15, -0.1) is 0 Å². The van der Waals surface area contributed by atoms with Crippen LogP contribution in [0.15, 0.2) is 63.8 Å². The number of aliphatic carboxylic acids is 1. The maximum atomic E-state index is 12.3. The Kier molecular flexibility index (Phi) is 3.28. The summed E-state index contributed by atoms with van der Waals surface area (Å²) in [6.45, 7) is 0. The fraction of sp³-hybridized carbons (Fsp3) is 0.0588. The molecular formula is C17H12O4. The van der Waals surface area contributed by atoms with E-state index in [9.17, 15) is 9.59 Å². The van der Waals surface area contributed by atoms with Crippen LogP contribution in [0.5, 0.6) is 0 Å². The molecule has 1 aromatic heterocycles. The van der Waals surface area contributed by atoms with E-state index in [-0.39, 0.29) is 11.8 Å². The lowest BCUT2D eigenvalue weighted by Gasteiger charge is -2.06. The van der Waals surface area contributed by atoms with E-state index in [0.717, 1.165) is 5.56 Å². The first-order chi connectivity index (χ1) is 10.1. The van der Waals surface area contributed by atoms with Crippen molar-refractivity contribution in [3.63, 3.8) is 0 Å². The lowest BCUT2D eigenvalue weighted by molar-refractivity contribution is -0.136. The normalized spacial score (nSPS) is 10.7. The number of hydrogen-bond acceptors (Lipinski definition) is 3. The van der Waals surface area contributed by atoms with Crippen LogP contribution in [0.2, 0.25) is 0 Å². The summed E-state index contributed by atoms with van der Waals surface area (Å²) < 4.78 is 5.76. The molecule has 104 valence electrons. The Morgan fingerprint density at radius 2 is 1.81 bits per heavy atom. The van der Waals surface area contributed by atoms with E-state index in [1.165, 1.54) is 6.07 Å². The third-order valence-electron chi connectivity index (χ3n) is 3.24. The molecule has 0 saturated heterocycles. The average Bonchev–Trinajstić information content (AvgIpc) is 2.47. The second kappa shape index (κ2) is 5.25. The van der Waals surface area contributed by atoms with E-state index in [2.05, 4.69) is 0 Å². The van der Waals surface area contributed by atoms with Gasteiger partial charge >= 0.3 is 5.97 Å². The van der Waals surface area contributed by atoms with Crippen LogP contribution in [0.3, 0.4) is 0 Å². The SMILES string of the molecule is O=C(O)Cc1cccc2oc(-c3ccccc3)cc(=O)c12. The highest BCUT2D eigenvalue weighted by Gasteiger charge is 2.12. The van der Waals surface area contributed by atoms with Crippen molar-refractivity contribution in [3.05, 3.63) is 70.4 Å². The Hall–Kier alpha value is -2.88. The highest BCUT2D eigenvalue weighted by molar-refractivity contribution is 5.85. The third-order valence-corrected chi connectivity index (χ3v) is 3.24. The first-order valence-electron chi connectivity index (χ1n) is 6.48. The van der Waals surface area contributed by atoms with Gasteiger partial charge in [-0.25, -0.2) is 0 Å². The summed E-state index contributed by atoms with van der Waals surface area (Å²) in [4.78, 5) is 23.2. The third kappa shape index (κ3) is 2.56. The monoisotopic (exact) mass is 280 g/mol. The van der Waals surface area contributed by atoms with E-state index in [1.54, 1.807) is 18.2 Å². The molecule has 0 unspecified atom stereocenters. The molecule has 3 rings (SSSR count).